The highest BCUT2D eigenvalue weighted by Crippen LogP contribution is 2.62. The van der Waals surface area contributed by atoms with Crippen LogP contribution >= 0.6 is 0 Å². The Labute approximate surface area is 90.4 Å². The molecule has 1 heterocycles. The zero-order chi connectivity index (χ0) is 10.4. The Morgan fingerprint density at radius 1 is 1.33 bits per heavy atom. The average molecular weight is 203 g/mol. The Balaban J connectivity index is 1.78. The van der Waals surface area contributed by atoms with Crippen LogP contribution in [0.1, 0.15) is 36.5 Å². The van der Waals surface area contributed by atoms with Crippen LogP contribution in [0.4, 0.5) is 0 Å². The Bertz CT molecular complexity index is 367. The van der Waals surface area contributed by atoms with Gasteiger partial charge in [-0.2, -0.15) is 0 Å². The third-order valence-electron chi connectivity index (χ3n) is 4.07. The molecule has 0 aromatic carbocycles. The molecule has 80 valence electrons. The monoisotopic (exact) mass is 203 g/mol. The van der Waals surface area contributed by atoms with Gasteiger partial charge in [-0.1, -0.05) is 12.5 Å². The molecular formula is C13H17NO. The van der Waals surface area contributed by atoms with Crippen molar-refractivity contribution in [3.8, 4) is 0 Å². The van der Waals surface area contributed by atoms with Crippen molar-refractivity contribution in [2.24, 2.45) is 17.8 Å². The lowest BCUT2D eigenvalue weighted by molar-refractivity contribution is 0.136. The maximum absolute atomic E-state index is 10.3. The Kier molecular flexibility index (Phi) is 2.06. The number of fused-ring (bicyclic) bond motifs is 1. The van der Waals surface area contributed by atoms with Gasteiger partial charge in [0.05, 0.1) is 6.10 Å². The van der Waals surface area contributed by atoms with Crippen LogP contribution in [-0.4, -0.2) is 10.1 Å². The predicted octanol–water partition coefficient (Wildman–Crippen LogP) is 2.47. The highest BCUT2D eigenvalue weighted by Gasteiger charge is 2.55. The van der Waals surface area contributed by atoms with Gasteiger partial charge in [0.2, 0.25) is 0 Å². The van der Waals surface area contributed by atoms with Gasteiger partial charge in [-0.25, -0.2) is 0 Å². The molecule has 2 fully saturated rings. The van der Waals surface area contributed by atoms with E-state index in [0.717, 1.165) is 23.0 Å². The van der Waals surface area contributed by atoms with Crippen molar-refractivity contribution in [1.29, 1.82) is 0 Å². The van der Waals surface area contributed by atoms with Crippen molar-refractivity contribution < 1.29 is 5.11 Å². The molecule has 0 radical (unpaired) electrons. The molecule has 1 aromatic rings. The minimum absolute atomic E-state index is 0.271. The minimum atomic E-state index is -0.271. The second-order valence-corrected chi connectivity index (χ2v) is 5.08. The van der Waals surface area contributed by atoms with Crippen molar-refractivity contribution in [2.75, 3.05) is 0 Å². The SMILES string of the molecule is Cc1cncc(C(O)C2C3CCCC32)c1. The number of hydrogen-bond donors (Lipinski definition) is 1. The van der Waals surface area contributed by atoms with E-state index in [9.17, 15) is 5.11 Å². The number of aliphatic hydroxyl groups is 1. The van der Waals surface area contributed by atoms with E-state index in [1.54, 1.807) is 0 Å². The number of aliphatic hydroxyl groups excluding tert-OH is 1. The molecule has 0 aliphatic heterocycles. The standard InChI is InChI=1S/C13H17NO/c1-8-5-9(7-14-6-8)13(15)12-10-3-2-4-11(10)12/h5-7,10-13,15H,2-4H2,1H3. The molecule has 2 aliphatic rings. The van der Waals surface area contributed by atoms with Gasteiger partial charge in [-0.3, -0.25) is 4.98 Å². The second-order valence-electron chi connectivity index (χ2n) is 5.08. The molecule has 15 heavy (non-hydrogen) atoms. The highest BCUT2D eigenvalue weighted by atomic mass is 16.3. The molecule has 3 rings (SSSR count). The Morgan fingerprint density at radius 2 is 2.07 bits per heavy atom. The van der Waals surface area contributed by atoms with Crippen LogP contribution in [0, 0.1) is 24.7 Å². The molecule has 2 saturated carbocycles. The van der Waals surface area contributed by atoms with Crippen molar-refractivity contribution in [3.05, 3.63) is 29.6 Å². The number of rotatable bonds is 2. The van der Waals surface area contributed by atoms with E-state index in [0.29, 0.717) is 5.92 Å². The van der Waals surface area contributed by atoms with Gasteiger partial charge in [0.1, 0.15) is 0 Å². The van der Waals surface area contributed by atoms with E-state index in [2.05, 4.69) is 11.1 Å². The number of hydrogen-bond acceptors (Lipinski definition) is 2. The van der Waals surface area contributed by atoms with Gasteiger partial charge >= 0.3 is 0 Å². The first kappa shape index (κ1) is 9.34. The molecule has 2 aliphatic carbocycles. The topological polar surface area (TPSA) is 33.1 Å². The van der Waals surface area contributed by atoms with E-state index in [4.69, 9.17) is 0 Å². The van der Waals surface area contributed by atoms with Crippen molar-refractivity contribution in [3.63, 3.8) is 0 Å². The summed E-state index contributed by atoms with van der Waals surface area (Å²) in [6.45, 7) is 2.02. The quantitative estimate of drug-likeness (QED) is 0.801. The van der Waals surface area contributed by atoms with Crippen molar-refractivity contribution in [2.45, 2.75) is 32.3 Å². The summed E-state index contributed by atoms with van der Waals surface area (Å²) in [6.07, 6.45) is 7.39. The van der Waals surface area contributed by atoms with Gasteiger partial charge < -0.3 is 5.11 Å². The first-order chi connectivity index (χ1) is 7.27. The maximum Gasteiger partial charge on any atom is 0.0838 e. The molecule has 0 amide bonds. The fourth-order valence-electron chi connectivity index (χ4n) is 3.31. The summed E-state index contributed by atoms with van der Waals surface area (Å²) in [4.78, 5) is 4.15. The van der Waals surface area contributed by atoms with E-state index >= 15 is 0 Å². The summed E-state index contributed by atoms with van der Waals surface area (Å²) >= 11 is 0. The smallest absolute Gasteiger partial charge is 0.0838 e. The minimum Gasteiger partial charge on any atom is -0.388 e. The summed E-state index contributed by atoms with van der Waals surface area (Å²) in [7, 11) is 0. The van der Waals surface area contributed by atoms with Gasteiger partial charge in [0, 0.05) is 12.4 Å². The fourth-order valence-corrected chi connectivity index (χ4v) is 3.31. The van der Waals surface area contributed by atoms with E-state index in [-0.39, 0.29) is 6.10 Å². The van der Waals surface area contributed by atoms with Crippen LogP contribution < -0.4 is 0 Å². The lowest BCUT2D eigenvalue weighted by Crippen LogP contribution is -2.05. The van der Waals surface area contributed by atoms with Crippen LogP contribution in [-0.2, 0) is 0 Å². The van der Waals surface area contributed by atoms with Gasteiger partial charge in [-0.05, 0) is 48.6 Å². The van der Waals surface area contributed by atoms with E-state index in [1.807, 2.05) is 19.3 Å². The summed E-state index contributed by atoms with van der Waals surface area (Å²) in [5.74, 6) is 2.14. The molecule has 3 atom stereocenters. The molecule has 1 aromatic heterocycles. The molecule has 0 spiro atoms. The summed E-state index contributed by atoms with van der Waals surface area (Å²) in [5, 5.41) is 10.3. The van der Waals surface area contributed by atoms with Gasteiger partial charge in [0.15, 0.2) is 0 Å². The van der Waals surface area contributed by atoms with E-state index < -0.39 is 0 Å². The van der Waals surface area contributed by atoms with Crippen molar-refractivity contribution in [1.82, 2.24) is 4.98 Å². The summed E-state index contributed by atoms with van der Waals surface area (Å²) < 4.78 is 0. The first-order valence-corrected chi connectivity index (χ1v) is 5.87. The number of aromatic nitrogens is 1. The van der Waals surface area contributed by atoms with Crippen LogP contribution in [0.5, 0.6) is 0 Å². The largest absolute Gasteiger partial charge is 0.388 e. The second kappa shape index (κ2) is 3.31. The van der Waals surface area contributed by atoms with Crippen LogP contribution in [0.3, 0.4) is 0 Å². The van der Waals surface area contributed by atoms with E-state index in [1.165, 1.54) is 19.3 Å². The molecule has 2 nitrogen and oxygen atoms in total. The number of pyridine rings is 1. The predicted molar refractivity (Wildman–Crippen MR) is 58.3 cm³/mol. The molecule has 0 bridgehead atoms. The number of nitrogens with zero attached hydrogens (tertiary/aromatic N) is 1. The number of aryl methyl sites for hydroxylation is 1. The first-order valence-electron chi connectivity index (χ1n) is 5.87. The molecule has 3 unspecified atom stereocenters. The third kappa shape index (κ3) is 1.48. The third-order valence-corrected chi connectivity index (χ3v) is 4.07. The van der Waals surface area contributed by atoms with Crippen LogP contribution in [0.15, 0.2) is 18.5 Å². The molecule has 1 N–H and O–H groups in total. The fraction of sp³-hybridized carbons (Fsp3) is 0.615. The van der Waals surface area contributed by atoms with Gasteiger partial charge in [0.25, 0.3) is 0 Å². The molecule has 0 saturated heterocycles. The highest BCUT2D eigenvalue weighted by molar-refractivity contribution is 5.22. The van der Waals surface area contributed by atoms with Crippen molar-refractivity contribution >= 4 is 0 Å². The lowest BCUT2D eigenvalue weighted by atomic mass is 10.0. The summed E-state index contributed by atoms with van der Waals surface area (Å²) in [5.41, 5.74) is 2.15. The normalized spacial score (nSPS) is 34.9. The molecule has 2 heteroatoms. The Morgan fingerprint density at radius 3 is 2.73 bits per heavy atom. The van der Waals surface area contributed by atoms with Gasteiger partial charge in [-0.15, -0.1) is 0 Å². The lowest BCUT2D eigenvalue weighted by Gasteiger charge is -2.12. The average Bonchev–Trinajstić information content (AvgIpc) is 2.70. The van der Waals surface area contributed by atoms with Crippen LogP contribution in [0.25, 0.3) is 0 Å². The Hall–Kier alpha value is -0.890. The van der Waals surface area contributed by atoms with Crippen LogP contribution in [0.2, 0.25) is 0 Å². The zero-order valence-corrected chi connectivity index (χ0v) is 9.06. The molecular weight excluding hydrogens is 186 g/mol. The maximum atomic E-state index is 10.3. The zero-order valence-electron chi connectivity index (χ0n) is 9.06. The summed E-state index contributed by atoms with van der Waals surface area (Å²) in [6, 6.07) is 2.06.